The molecule has 1 N–H and O–H groups in total. The highest BCUT2D eigenvalue weighted by Gasteiger charge is 1.25. The summed E-state index contributed by atoms with van der Waals surface area (Å²) < 4.78 is 0. The molecule has 0 aliphatic rings. The number of hydrogen-bond donors (Lipinski definition) is 1. The summed E-state index contributed by atoms with van der Waals surface area (Å²) in [5.74, 6) is 0. The van der Waals surface area contributed by atoms with Crippen LogP contribution >= 0.6 is 0 Å². The largest absolute Gasteiger partial charge is 0.323 e. The SMILES string of the molecule is C.C.CC.CC.CC.CNC. The zero-order chi connectivity index (χ0) is 8.71. The maximum absolute atomic E-state index is 2.75. The standard InChI is InChI=1S/C2H7N.3C2H6.2CH4/c1-3-2;3*1-2;;/h3H,1-2H3;3*1-2H3;2*1H4. The van der Waals surface area contributed by atoms with Crippen molar-refractivity contribution in [3.05, 3.63) is 0 Å². The smallest absolute Gasteiger partial charge is 0.0167 e. The molecule has 11 heavy (non-hydrogen) atoms. The second kappa shape index (κ2) is 868. The van der Waals surface area contributed by atoms with Crippen molar-refractivity contribution in [2.75, 3.05) is 14.1 Å². The molecule has 0 rings (SSSR count). The Hall–Kier alpha value is -0.0400. The Balaban J connectivity index is -0.00000000729. The molecule has 78 valence electrons. The first-order valence-corrected chi connectivity index (χ1v) is 4.00. The molecule has 0 unspecified atom stereocenters. The van der Waals surface area contributed by atoms with Gasteiger partial charge in [-0.15, -0.1) is 0 Å². The maximum Gasteiger partial charge on any atom is -0.0167 e. The molecule has 0 spiro atoms. The molecule has 0 aliphatic carbocycles. The molecule has 0 radical (unpaired) electrons. The molecule has 0 aliphatic heterocycles. The van der Waals surface area contributed by atoms with Crippen LogP contribution in [0.4, 0.5) is 0 Å². The van der Waals surface area contributed by atoms with Crippen LogP contribution in [0.1, 0.15) is 56.4 Å². The molecular formula is C10H33N. The average Bonchev–Trinajstić information content (AvgIpc) is 2.01. The third kappa shape index (κ3) is 394000. The van der Waals surface area contributed by atoms with Gasteiger partial charge in [-0.3, -0.25) is 0 Å². The van der Waals surface area contributed by atoms with E-state index in [4.69, 9.17) is 0 Å². The fraction of sp³-hybridized carbons (Fsp3) is 1.00. The fourth-order valence-electron chi connectivity index (χ4n) is 0. The summed E-state index contributed by atoms with van der Waals surface area (Å²) in [5, 5.41) is 2.75. The van der Waals surface area contributed by atoms with Gasteiger partial charge in [-0.25, -0.2) is 0 Å². The Morgan fingerprint density at radius 1 is 0.545 bits per heavy atom. The molecular weight excluding hydrogens is 134 g/mol. The van der Waals surface area contributed by atoms with Crippen LogP contribution in [0.3, 0.4) is 0 Å². The molecule has 0 heterocycles. The van der Waals surface area contributed by atoms with E-state index in [-0.39, 0.29) is 14.9 Å². The number of rotatable bonds is 0. The van der Waals surface area contributed by atoms with E-state index in [2.05, 4.69) is 5.32 Å². The molecule has 0 amide bonds. The van der Waals surface area contributed by atoms with Crippen molar-refractivity contribution >= 4 is 0 Å². The minimum Gasteiger partial charge on any atom is -0.323 e. The van der Waals surface area contributed by atoms with Gasteiger partial charge in [-0.05, 0) is 14.1 Å². The van der Waals surface area contributed by atoms with Gasteiger partial charge >= 0.3 is 0 Å². The van der Waals surface area contributed by atoms with Crippen molar-refractivity contribution in [3.8, 4) is 0 Å². The Morgan fingerprint density at radius 2 is 0.545 bits per heavy atom. The topological polar surface area (TPSA) is 12.0 Å². The second-order valence-electron chi connectivity index (χ2n) is 0.500. The van der Waals surface area contributed by atoms with E-state index in [0.717, 1.165) is 0 Å². The molecule has 0 atom stereocenters. The van der Waals surface area contributed by atoms with E-state index >= 15 is 0 Å². The Labute approximate surface area is 76.6 Å². The summed E-state index contributed by atoms with van der Waals surface area (Å²) in [5.41, 5.74) is 0. The van der Waals surface area contributed by atoms with E-state index in [9.17, 15) is 0 Å². The second-order valence-corrected chi connectivity index (χ2v) is 0.500. The van der Waals surface area contributed by atoms with Crippen LogP contribution in [-0.4, -0.2) is 14.1 Å². The van der Waals surface area contributed by atoms with E-state index in [1.54, 1.807) is 0 Å². The summed E-state index contributed by atoms with van der Waals surface area (Å²) >= 11 is 0. The lowest BCUT2D eigenvalue weighted by Crippen LogP contribution is -1.89. The van der Waals surface area contributed by atoms with Gasteiger partial charge in [0.15, 0.2) is 0 Å². The van der Waals surface area contributed by atoms with Crippen LogP contribution in [-0.2, 0) is 0 Å². The number of nitrogens with one attached hydrogen (secondary N) is 1. The predicted molar refractivity (Wildman–Crippen MR) is 62.5 cm³/mol. The normalized spacial score (nSPS) is 3.27. The zero-order valence-electron chi connectivity index (χ0n) is 8.50. The molecule has 0 fully saturated rings. The molecule has 0 aromatic carbocycles. The van der Waals surface area contributed by atoms with Gasteiger partial charge in [0.05, 0.1) is 0 Å². The maximum atomic E-state index is 2.75. The first-order valence-electron chi connectivity index (χ1n) is 4.00. The van der Waals surface area contributed by atoms with Crippen molar-refractivity contribution in [2.24, 2.45) is 0 Å². The minimum absolute atomic E-state index is 0. The fourth-order valence-corrected chi connectivity index (χ4v) is 0. The van der Waals surface area contributed by atoms with E-state index in [0.29, 0.717) is 0 Å². The lowest BCUT2D eigenvalue weighted by atomic mass is 11.0. The van der Waals surface area contributed by atoms with Gasteiger partial charge in [0.2, 0.25) is 0 Å². The Kier molecular flexibility index (Phi) is 3490. The third-order valence-electron chi connectivity index (χ3n) is 0. The van der Waals surface area contributed by atoms with Crippen molar-refractivity contribution in [2.45, 2.75) is 56.4 Å². The van der Waals surface area contributed by atoms with Crippen LogP contribution in [0.2, 0.25) is 0 Å². The highest BCUT2D eigenvalue weighted by molar-refractivity contribution is 3.91. The summed E-state index contributed by atoms with van der Waals surface area (Å²) in [6.45, 7) is 12.0. The van der Waals surface area contributed by atoms with E-state index in [1.807, 2.05) is 55.6 Å². The van der Waals surface area contributed by atoms with Crippen LogP contribution in [0, 0.1) is 0 Å². The van der Waals surface area contributed by atoms with Crippen molar-refractivity contribution in [3.63, 3.8) is 0 Å². The van der Waals surface area contributed by atoms with Crippen molar-refractivity contribution < 1.29 is 0 Å². The summed E-state index contributed by atoms with van der Waals surface area (Å²) in [7, 11) is 3.75. The quantitative estimate of drug-likeness (QED) is 0.570. The highest BCUT2D eigenvalue weighted by atomic mass is 14.7. The van der Waals surface area contributed by atoms with Gasteiger partial charge in [-0.1, -0.05) is 56.4 Å². The van der Waals surface area contributed by atoms with E-state index in [1.165, 1.54) is 0 Å². The van der Waals surface area contributed by atoms with Gasteiger partial charge in [0.25, 0.3) is 0 Å². The molecule has 1 nitrogen and oxygen atoms in total. The molecule has 0 saturated heterocycles. The molecule has 1 heteroatoms. The minimum atomic E-state index is 0. The van der Waals surface area contributed by atoms with Crippen molar-refractivity contribution in [1.29, 1.82) is 0 Å². The monoisotopic (exact) mass is 167 g/mol. The number of hydrogen-bond acceptors (Lipinski definition) is 1. The first kappa shape index (κ1) is 44.2. The third-order valence-corrected chi connectivity index (χ3v) is 0. The predicted octanol–water partition coefficient (Wildman–Crippen LogP) is 4.19. The molecule has 0 bridgehead atoms. The van der Waals surface area contributed by atoms with Crippen LogP contribution in [0.5, 0.6) is 0 Å². The highest BCUT2D eigenvalue weighted by Crippen LogP contribution is 1.15. The van der Waals surface area contributed by atoms with Gasteiger partial charge in [0.1, 0.15) is 0 Å². The lowest BCUT2D eigenvalue weighted by Gasteiger charge is -1.59. The Morgan fingerprint density at radius 3 is 0.545 bits per heavy atom. The van der Waals surface area contributed by atoms with Crippen LogP contribution in [0.15, 0.2) is 0 Å². The molecule has 0 saturated carbocycles. The molecule has 0 aromatic heterocycles. The van der Waals surface area contributed by atoms with Gasteiger partial charge in [0, 0.05) is 0 Å². The molecule has 0 aromatic rings. The van der Waals surface area contributed by atoms with Crippen molar-refractivity contribution in [1.82, 2.24) is 5.32 Å². The average molecular weight is 167 g/mol. The summed E-state index contributed by atoms with van der Waals surface area (Å²) in [6.07, 6.45) is 0. The lowest BCUT2D eigenvalue weighted by molar-refractivity contribution is 1.02. The summed E-state index contributed by atoms with van der Waals surface area (Å²) in [6, 6.07) is 0. The van der Waals surface area contributed by atoms with Gasteiger partial charge in [-0.2, -0.15) is 0 Å². The van der Waals surface area contributed by atoms with E-state index < -0.39 is 0 Å². The van der Waals surface area contributed by atoms with Crippen LogP contribution < -0.4 is 5.32 Å². The summed E-state index contributed by atoms with van der Waals surface area (Å²) in [4.78, 5) is 0. The van der Waals surface area contributed by atoms with Crippen LogP contribution in [0.25, 0.3) is 0 Å². The first-order chi connectivity index (χ1) is 4.41. The Bertz CT molecular complexity index is 4.83. The zero-order valence-corrected chi connectivity index (χ0v) is 8.50. The van der Waals surface area contributed by atoms with Gasteiger partial charge < -0.3 is 5.32 Å².